The topological polar surface area (TPSA) is 70.2 Å². The molecular formula is C28H36N4O2. The van der Waals surface area contributed by atoms with Gasteiger partial charge in [-0.15, -0.1) is 0 Å². The Morgan fingerprint density at radius 1 is 1.15 bits per heavy atom. The van der Waals surface area contributed by atoms with Crippen LogP contribution in [-0.4, -0.2) is 53.8 Å². The van der Waals surface area contributed by atoms with Crippen LogP contribution in [0, 0.1) is 0 Å². The van der Waals surface area contributed by atoms with Crippen molar-refractivity contribution < 1.29 is 9.53 Å². The largest absolute Gasteiger partial charge is 0.497 e. The van der Waals surface area contributed by atoms with Crippen molar-refractivity contribution >= 4 is 5.91 Å². The summed E-state index contributed by atoms with van der Waals surface area (Å²) in [6.07, 6.45) is 3.95. The predicted octanol–water partition coefficient (Wildman–Crippen LogP) is 5.09. The number of aromatic nitrogens is 2. The summed E-state index contributed by atoms with van der Waals surface area (Å²) in [7, 11) is 1.70. The molecule has 1 heterocycles. The van der Waals surface area contributed by atoms with E-state index in [0.29, 0.717) is 5.56 Å². The second kappa shape index (κ2) is 10.9. The third-order valence-electron chi connectivity index (χ3n) is 6.90. The highest BCUT2D eigenvalue weighted by molar-refractivity contribution is 5.95. The predicted molar refractivity (Wildman–Crippen MR) is 137 cm³/mol. The van der Waals surface area contributed by atoms with Gasteiger partial charge in [-0.25, -0.2) is 0 Å². The molecule has 180 valence electrons. The van der Waals surface area contributed by atoms with Gasteiger partial charge in [-0.3, -0.25) is 9.89 Å². The molecule has 1 unspecified atom stereocenters. The summed E-state index contributed by atoms with van der Waals surface area (Å²) in [5, 5.41) is 11.0. The average molecular weight is 461 g/mol. The van der Waals surface area contributed by atoms with Crippen LogP contribution in [0.5, 0.6) is 5.75 Å². The van der Waals surface area contributed by atoms with E-state index in [1.165, 1.54) is 16.7 Å². The van der Waals surface area contributed by atoms with E-state index >= 15 is 0 Å². The Kier molecular flexibility index (Phi) is 7.68. The van der Waals surface area contributed by atoms with Gasteiger partial charge < -0.3 is 15.0 Å². The smallest absolute Gasteiger partial charge is 0.251 e. The SMILES string of the molecule is CCN(CC)CCCC(C)NC(=O)c1ccc(-c2n[nH]c3c2CCc2cc(OC)ccc2-3)cc1. The van der Waals surface area contributed by atoms with Crippen LogP contribution < -0.4 is 10.1 Å². The fourth-order valence-electron chi connectivity index (χ4n) is 4.80. The molecule has 0 bridgehead atoms. The number of carbonyl (C=O) groups is 1. The van der Waals surface area contributed by atoms with Gasteiger partial charge in [0.05, 0.1) is 18.5 Å². The van der Waals surface area contributed by atoms with E-state index in [2.05, 4.69) is 53.3 Å². The lowest BCUT2D eigenvalue weighted by Crippen LogP contribution is -2.33. The minimum absolute atomic E-state index is 0.0196. The molecule has 1 amide bonds. The van der Waals surface area contributed by atoms with Gasteiger partial charge in [-0.2, -0.15) is 5.10 Å². The molecular weight excluding hydrogens is 424 g/mol. The van der Waals surface area contributed by atoms with E-state index < -0.39 is 0 Å². The molecule has 0 saturated heterocycles. The monoisotopic (exact) mass is 460 g/mol. The number of carbonyl (C=O) groups excluding carboxylic acids is 1. The van der Waals surface area contributed by atoms with E-state index in [9.17, 15) is 4.79 Å². The summed E-state index contributed by atoms with van der Waals surface area (Å²) >= 11 is 0. The molecule has 1 aliphatic rings. The van der Waals surface area contributed by atoms with Crippen molar-refractivity contribution in [2.45, 2.75) is 52.5 Å². The molecule has 0 saturated carbocycles. The molecule has 4 rings (SSSR count). The van der Waals surface area contributed by atoms with E-state index in [4.69, 9.17) is 4.74 Å². The van der Waals surface area contributed by atoms with Gasteiger partial charge >= 0.3 is 0 Å². The van der Waals surface area contributed by atoms with Crippen LogP contribution in [0.15, 0.2) is 42.5 Å². The van der Waals surface area contributed by atoms with Crippen molar-refractivity contribution in [2.24, 2.45) is 0 Å². The number of H-pyrrole nitrogens is 1. The van der Waals surface area contributed by atoms with Crippen LogP contribution in [0.4, 0.5) is 0 Å². The van der Waals surface area contributed by atoms with Gasteiger partial charge in [0, 0.05) is 28.3 Å². The van der Waals surface area contributed by atoms with Crippen molar-refractivity contribution in [3.63, 3.8) is 0 Å². The van der Waals surface area contributed by atoms with Crippen molar-refractivity contribution in [1.29, 1.82) is 0 Å². The normalized spacial score (nSPS) is 13.3. The van der Waals surface area contributed by atoms with Gasteiger partial charge in [0.1, 0.15) is 5.75 Å². The minimum atomic E-state index is -0.0196. The zero-order chi connectivity index (χ0) is 24.1. The number of fused-ring (bicyclic) bond motifs is 3. The zero-order valence-corrected chi connectivity index (χ0v) is 20.8. The number of hydrogen-bond donors (Lipinski definition) is 2. The highest BCUT2D eigenvalue weighted by atomic mass is 16.5. The van der Waals surface area contributed by atoms with Gasteiger partial charge in [0.2, 0.25) is 0 Å². The lowest BCUT2D eigenvalue weighted by molar-refractivity contribution is 0.0937. The van der Waals surface area contributed by atoms with E-state index in [1.54, 1.807) is 7.11 Å². The van der Waals surface area contributed by atoms with Crippen molar-refractivity contribution in [3.8, 4) is 28.3 Å². The first-order chi connectivity index (χ1) is 16.5. The molecule has 0 spiro atoms. The first-order valence-electron chi connectivity index (χ1n) is 12.4. The van der Waals surface area contributed by atoms with E-state index in [1.807, 2.05) is 30.3 Å². The quantitative estimate of drug-likeness (QED) is 0.442. The van der Waals surface area contributed by atoms with Gasteiger partial charge in [-0.1, -0.05) is 26.0 Å². The third kappa shape index (κ3) is 5.17. The number of aryl methyl sites for hydroxylation is 1. The molecule has 1 atom stereocenters. The second-order valence-corrected chi connectivity index (χ2v) is 9.07. The molecule has 0 fully saturated rings. The van der Waals surface area contributed by atoms with Crippen LogP contribution >= 0.6 is 0 Å². The van der Waals surface area contributed by atoms with E-state index in [0.717, 1.165) is 68.0 Å². The van der Waals surface area contributed by atoms with Crippen molar-refractivity contribution in [1.82, 2.24) is 20.4 Å². The fourth-order valence-corrected chi connectivity index (χ4v) is 4.80. The van der Waals surface area contributed by atoms with Crippen LogP contribution in [0.25, 0.3) is 22.5 Å². The summed E-state index contributed by atoms with van der Waals surface area (Å²) in [5.41, 5.74) is 7.45. The first kappa shape index (κ1) is 24.0. The molecule has 1 aromatic heterocycles. The summed E-state index contributed by atoms with van der Waals surface area (Å²) in [6, 6.07) is 14.2. The number of ether oxygens (including phenoxy) is 1. The van der Waals surface area contributed by atoms with Crippen LogP contribution in [0.3, 0.4) is 0 Å². The van der Waals surface area contributed by atoms with Gasteiger partial charge in [0.25, 0.3) is 5.91 Å². The van der Waals surface area contributed by atoms with Crippen molar-refractivity contribution in [3.05, 3.63) is 59.2 Å². The van der Waals surface area contributed by atoms with Crippen LogP contribution in [0.2, 0.25) is 0 Å². The standard InChI is InChI=1S/C28H36N4O2/c1-5-32(6-2)17-7-8-19(3)29-28(33)21-11-9-20(10-12-21)26-25-15-13-22-18-23(34-4)14-16-24(22)27(25)31-30-26/h9-12,14,16,18-19H,5-8,13,15,17H2,1-4H3,(H,29,33)(H,30,31). The van der Waals surface area contributed by atoms with Crippen LogP contribution in [-0.2, 0) is 12.8 Å². The molecule has 34 heavy (non-hydrogen) atoms. The molecule has 2 N–H and O–H groups in total. The Morgan fingerprint density at radius 3 is 2.62 bits per heavy atom. The third-order valence-corrected chi connectivity index (χ3v) is 6.90. The Balaban J connectivity index is 1.41. The highest BCUT2D eigenvalue weighted by Crippen LogP contribution is 2.38. The molecule has 6 nitrogen and oxygen atoms in total. The number of rotatable bonds is 10. The number of amides is 1. The Hall–Kier alpha value is -3.12. The molecule has 3 aromatic rings. The summed E-state index contributed by atoms with van der Waals surface area (Å²) < 4.78 is 5.37. The number of hydrogen-bond acceptors (Lipinski definition) is 4. The van der Waals surface area contributed by atoms with E-state index in [-0.39, 0.29) is 11.9 Å². The molecule has 6 heteroatoms. The number of nitrogens with zero attached hydrogens (tertiary/aromatic N) is 2. The first-order valence-corrected chi connectivity index (χ1v) is 12.4. The summed E-state index contributed by atoms with van der Waals surface area (Å²) in [5.74, 6) is 0.864. The molecule has 0 radical (unpaired) electrons. The second-order valence-electron chi connectivity index (χ2n) is 9.07. The number of nitrogens with one attached hydrogen (secondary N) is 2. The molecule has 1 aliphatic carbocycles. The lowest BCUT2D eigenvalue weighted by atomic mass is 9.87. The lowest BCUT2D eigenvalue weighted by Gasteiger charge is -2.20. The Bertz CT molecular complexity index is 1120. The highest BCUT2D eigenvalue weighted by Gasteiger charge is 2.23. The van der Waals surface area contributed by atoms with Crippen molar-refractivity contribution in [2.75, 3.05) is 26.7 Å². The number of benzene rings is 2. The van der Waals surface area contributed by atoms with Crippen LogP contribution in [0.1, 0.15) is 55.1 Å². The Labute approximate surface area is 202 Å². The molecule has 0 aliphatic heterocycles. The maximum atomic E-state index is 12.7. The number of aromatic amines is 1. The summed E-state index contributed by atoms with van der Waals surface area (Å²) in [6.45, 7) is 9.68. The molecule has 2 aromatic carbocycles. The maximum Gasteiger partial charge on any atom is 0.251 e. The minimum Gasteiger partial charge on any atom is -0.497 e. The average Bonchev–Trinajstić information content (AvgIpc) is 3.31. The summed E-state index contributed by atoms with van der Waals surface area (Å²) in [4.78, 5) is 15.1. The Morgan fingerprint density at radius 2 is 1.91 bits per heavy atom. The maximum absolute atomic E-state index is 12.7. The van der Waals surface area contributed by atoms with Gasteiger partial charge in [0.15, 0.2) is 0 Å². The zero-order valence-electron chi connectivity index (χ0n) is 20.8. The van der Waals surface area contributed by atoms with Gasteiger partial charge in [-0.05, 0) is 88.1 Å². The number of methoxy groups -OCH3 is 1. The fraction of sp³-hybridized carbons (Fsp3) is 0.429.